The van der Waals surface area contributed by atoms with E-state index in [-0.39, 0.29) is 52.9 Å². The van der Waals surface area contributed by atoms with Crippen LogP contribution in [0.25, 0.3) is 0 Å². The number of rotatable bonds is 1. The summed E-state index contributed by atoms with van der Waals surface area (Å²) in [7, 11) is 0. The number of phenolic OH excluding ortho intramolecular Hbond substituents is 3. The van der Waals surface area contributed by atoms with Crippen LogP contribution in [-0.4, -0.2) is 61.0 Å². The molecule has 0 radical (unpaired) electrons. The van der Waals surface area contributed by atoms with E-state index in [0.717, 1.165) is 0 Å². The van der Waals surface area contributed by atoms with Gasteiger partial charge in [0.2, 0.25) is 11.4 Å². The van der Waals surface area contributed by atoms with E-state index < -0.39 is 35.5 Å². The van der Waals surface area contributed by atoms with Crippen molar-refractivity contribution in [1.29, 1.82) is 0 Å². The standard InChI is InChI=1S/C21H20O10/c1-19-20(26)16-14(30-21(20,27)15(31-19)7-28-19)6-11(23)9-5-13(25)17(29-18(9)16)8-2-3-10(22)12(24)4-8/h2-4,6,13,15,17,22-27H,5,7H2,1H3. The normalized spacial score (nSPS) is 39.4. The Morgan fingerprint density at radius 1 is 1.03 bits per heavy atom. The smallest absolute Gasteiger partial charge is 0.276 e. The zero-order chi connectivity index (χ0) is 21.9. The van der Waals surface area contributed by atoms with Crippen LogP contribution in [0.5, 0.6) is 28.7 Å². The third kappa shape index (κ3) is 2.04. The molecule has 6 rings (SSSR count). The number of aliphatic hydroxyl groups is 3. The molecule has 10 heteroatoms. The molecule has 0 aromatic heterocycles. The number of aliphatic hydroxyl groups excluding tert-OH is 1. The van der Waals surface area contributed by atoms with Gasteiger partial charge in [-0.15, -0.1) is 0 Å². The van der Waals surface area contributed by atoms with Crippen molar-refractivity contribution in [2.75, 3.05) is 6.61 Å². The summed E-state index contributed by atoms with van der Waals surface area (Å²) >= 11 is 0. The van der Waals surface area contributed by atoms with Gasteiger partial charge in [0, 0.05) is 18.1 Å². The summed E-state index contributed by atoms with van der Waals surface area (Å²) in [5.41, 5.74) is -1.54. The molecule has 10 nitrogen and oxygen atoms in total. The van der Waals surface area contributed by atoms with Gasteiger partial charge in [-0.1, -0.05) is 6.07 Å². The Morgan fingerprint density at radius 3 is 2.55 bits per heavy atom. The van der Waals surface area contributed by atoms with E-state index in [1.54, 1.807) is 0 Å². The quantitative estimate of drug-likeness (QED) is 0.345. The van der Waals surface area contributed by atoms with Gasteiger partial charge in [-0.3, -0.25) is 0 Å². The highest BCUT2D eigenvalue weighted by atomic mass is 16.8. The molecule has 4 heterocycles. The minimum atomic E-state index is -2.17. The van der Waals surface area contributed by atoms with Crippen LogP contribution in [0, 0.1) is 0 Å². The van der Waals surface area contributed by atoms with Gasteiger partial charge >= 0.3 is 0 Å². The first-order valence-corrected chi connectivity index (χ1v) is 9.80. The van der Waals surface area contributed by atoms with Gasteiger partial charge in [-0.2, -0.15) is 0 Å². The van der Waals surface area contributed by atoms with E-state index in [2.05, 4.69) is 0 Å². The summed E-state index contributed by atoms with van der Waals surface area (Å²) in [6.45, 7) is 1.49. The van der Waals surface area contributed by atoms with E-state index in [9.17, 15) is 30.6 Å². The van der Waals surface area contributed by atoms with Crippen molar-refractivity contribution in [1.82, 2.24) is 0 Å². The van der Waals surface area contributed by atoms with Crippen molar-refractivity contribution in [3.05, 3.63) is 41.0 Å². The fraction of sp³-hybridized carbons (Fsp3) is 0.429. The Hall–Kier alpha value is -2.76. The lowest BCUT2D eigenvalue weighted by Gasteiger charge is -2.42. The van der Waals surface area contributed by atoms with Crippen molar-refractivity contribution >= 4 is 0 Å². The topological polar surface area (TPSA) is 158 Å². The molecule has 2 fully saturated rings. The first-order valence-electron chi connectivity index (χ1n) is 9.80. The first-order chi connectivity index (χ1) is 14.6. The molecule has 0 spiro atoms. The molecule has 2 saturated heterocycles. The molecular weight excluding hydrogens is 412 g/mol. The van der Waals surface area contributed by atoms with Gasteiger partial charge in [-0.25, -0.2) is 0 Å². The van der Waals surface area contributed by atoms with E-state index >= 15 is 0 Å². The predicted molar refractivity (Wildman–Crippen MR) is 99.7 cm³/mol. The second-order valence-electron chi connectivity index (χ2n) is 8.51. The maximum Gasteiger partial charge on any atom is 0.276 e. The fourth-order valence-electron chi connectivity index (χ4n) is 5.17. The number of hydrogen-bond acceptors (Lipinski definition) is 10. The molecule has 0 aliphatic carbocycles. The zero-order valence-corrected chi connectivity index (χ0v) is 16.3. The summed E-state index contributed by atoms with van der Waals surface area (Å²) in [4.78, 5) is 0. The van der Waals surface area contributed by atoms with Gasteiger partial charge < -0.3 is 49.6 Å². The summed E-state index contributed by atoms with van der Waals surface area (Å²) in [6, 6.07) is 5.25. The number of fused-ring (bicyclic) bond motifs is 9. The number of aromatic hydroxyl groups is 3. The maximum atomic E-state index is 11.7. The van der Waals surface area contributed by atoms with Crippen LogP contribution in [0.2, 0.25) is 0 Å². The third-order valence-electron chi connectivity index (χ3n) is 6.78. The van der Waals surface area contributed by atoms with Crippen molar-refractivity contribution in [3.63, 3.8) is 0 Å². The number of hydrogen-bond donors (Lipinski definition) is 6. The highest BCUT2D eigenvalue weighted by Crippen LogP contribution is 2.67. The molecule has 31 heavy (non-hydrogen) atoms. The summed E-state index contributed by atoms with van der Waals surface area (Å²) in [5.74, 6) is -4.70. The molecule has 0 saturated carbocycles. The molecule has 2 bridgehead atoms. The van der Waals surface area contributed by atoms with Crippen LogP contribution in [0.15, 0.2) is 24.3 Å². The second-order valence-corrected chi connectivity index (χ2v) is 8.51. The van der Waals surface area contributed by atoms with Crippen molar-refractivity contribution in [2.24, 2.45) is 0 Å². The summed E-state index contributed by atoms with van der Waals surface area (Å²) < 4.78 is 23.1. The van der Waals surface area contributed by atoms with Gasteiger partial charge in [0.25, 0.3) is 5.79 Å². The van der Waals surface area contributed by atoms with Gasteiger partial charge in [0.15, 0.2) is 17.6 Å². The molecule has 6 atom stereocenters. The second kappa shape index (κ2) is 5.53. The number of phenols is 3. The molecule has 6 N–H and O–H groups in total. The summed E-state index contributed by atoms with van der Waals surface area (Å²) in [5, 5.41) is 63.6. The molecule has 0 amide bonds. The molecule has 4 aliphatic rings. The maximum absolute atomic E-state index is 11.7. The van der Waals surface area contributed by atoms with Crippen molar-refractivity contribution in [2.45, 2.75) is 48.8 Å². The van der Waals surface area contributed by atoms with Crippen molar-refractivity contribution < 1.29 is 49.6 Å². The molecule has 164 valence electrons. The Balaban J connectivity index is 1.53. The van der Waals surface area contributed by atoms with E-state index in [0.29, 0.717) is 5.56 Å². The Bertz CT molecular complexity index is 1130. The molecule has 2 aromatic carbocycles. The molecule has 2 aromatic rings. The van der Waals surface area contributed by atoms with Gasteiger partial charge in [0.05, 0.1) is 18.3 Å². The fourth-order valence-corrected chi connectivity index (χ4v) is 5.17. The van der Waals surface area contributed by atoms with Crippen LogP contribution in [-0.2, 0) is 21.5 Å². The Kier molecular flexibility index (Phi) is 3.38. The summed E-state index contributed by atoms with van der Waals surface area (Å²) in [6.07, 6.45) is -3.13. The third-order valence-corrected chi connectivity index (χ3v) is 6.78. The van der Waals surface area contributed by atoms with Crippen LogP contribution in [0.4, 0.5) is 0 Å². The largest absolute Gasteiger partial charge is 0.507 e. The average molecular weight is 432 g/mol. The first kappa shape index (κ1) is 19.0. The Labute approximate surface area is 175 Å². The zero-order valence-electron chi connectivity index (χ0n) is 16.3. The lowest BCUT2D eigenvalue weighted by atomic mass is 9.77. The SMILES string of the molecule is CC12OCC(O1)C1(O)Oc3cc(O)c4c(c3C21O)OC(c1ccc(O)c(O)c1)C(O)C4. The molecule has 4 aliphatic heterocycles. The Morgan fingerprint density at radius 2 is 1.81 bits per heavy atom. The van der Waals surface area contributed by atoms with Gasteiger partial charge in [-0.05, 0) is 24.6 Å². The highest BCUT2D eigenvalue weighted by Gasteiger charge is 2.83. The van der Waals surface area contributed by atoms with Crippen molar-refractivity contribution in [3.8, 4) is 28.7 Å². The van der Waals surface area contributed by atoms with Crippen LogP contribution < -0.4 is 9.47 Å². The van der Waals surface area contributed by atoms with Crippen LogP contribution in [0.3, 0.4) is 0 Å². The van der Waals surface area contributed by atoms with Crippen LogP contribution >= 0.6 is 0 Å². The predicted octanol–water partition coefficient (Wildman–Crippen LogP) is 0.254. The number of benzene rings is 2. The van der Waals surface area contributed by atoms with Gasteiger partial charge in [0.1, 0.15) is 23.4 Å². The highest BCUT2D eigenvalue weighted by molar-refractivity contribution is 5.64. The lowest BCUT2D eigenvalue weighted by molar-refractivity contribution is -0.313. The minimum Gasteiger partial charge on any atom is -0.507 e. The minimum absolute atomic E-state index is 0.00640. The molecular formula is C21H20O10. The van der Waals surface area contributed by atoms with E-state index in [4.69, 9.17) is 18.9 Å². The average Bonchev–Trinajstić information content (AvgIpc) is 3.28. The lowest BCUT2D eigenvalue weighted by Crippen LogP contribution is -2.64. The monoisotopic (exact) mass is 432 g/mol. The van der Waals surface area contributed by atoms with E-state index in [1.807, 2.05) is 0 Å². The molecule has 6 unspecified atom stereocenters. The van der Waals surface area contributed by atoms with E-state index in [1.165, 1.54) is 31.2 Å². The number of ether oxygens (including phenoxy) is 4. The van der Waals surface area contributed by atoms with Crippen LogP contribution in [0.1, 0.15) is 29.7 Å².